The van der Waals surface area contributed by atoms with E-state index in [4.69, 9.17) is 23.1 Å². The van der Waals surface area contributed by atoms with Gasteiger partial charge in [0.25, 0.3) is 0 Å². The van der Waals surface area contributed by atoms with E-state index in [2.05, 4.69) is 10.3 Å². The van der Waals surface area contributed by atoms with Gasteiger partial charge in [-0.2, -0.15) is 0 Å². The van der Waals surface area contributed by atoms with Gasteiger partial charge < -0.3 is 11.5 Å². The standard InChI is InChI=1S/C12H9ClFN5/c13-10-6(15)5-7(16)12(11(10)14)19-9-4-2-1-3-8(9)17-18-19/h1-5H,15-16H2. The molecule has 0 saturated heterocycles. The zero-order valence-corrected chi connectivity index (χ0v) is 10.4. The molecular weight excluding hydrogens is 269 g/mol. The summed E-state index contributed by atoms with van der Waals surface area (Å²) in [7, 11) is 0. The van der Waals surface area contributed by atoms with E-state index < -0.39 is 5.82 Å². The third-order valence-electron chi connectivity index (χ3n) is 2.80. The van der Waals surface area contributed by atoms with Gasteiger partial charge in [0.15, 0.2) is 5.82 Å². The lowest BCUT2D eigenvalue weighted by molar-refractivity contribution is 0.612. The van der Waals surface area contributed by atoms with Crippen LogP contribution < -0.4 is 11.5 Å². The molecule has 0 bridgehead atoms. The topological polar surface area (TPSA) is 82.8 Å². The number of anilines is 2. The molecule has 0 aliphatic heterocycles. The van der Waals surface area contributed by atoms with Gasteiger partial charge in [-0.15, -0.1) is 5.10 Å². The second-order valence-electron chi connectivity index (χ2n) is 4.02. The SMILES string of the molecule is Nc1cc(N)c(-n2nnc3ccccc32)c(F)c1Cl. The predicted octanol–water partition coefficient (Wildman–Crippen LogP) is 2.38. The Kier molecular flexibility index (Phi) is 2.53. The molecule has 0 aliphatic rings. The Balaban J connectivity index is 2.36. The molecule has 0 aliphatic carbocycles. The van der Waals surface area contributed by atoms with E-state index in [0.717, 1.165) is 0 Å². The first kappa shape index (κ1) is 11.7. The quantitative estimate of drug-likeness (QED) is 0.669. The molecule has 0 atom stereocenters. The van der Waals surface area contributed by atoms with Gasteiger partial charge in [-0.25, -0.2) is 9.07 Å². The van der Waals surface area contributed by atoms with Gasteiger partial charge >= 0.3 is 0 Å². The van der Waals surface area contributed by atoms with Crippen LogP contribution in [0.4, 0.5) is 15.8 Å². The van der Waals surface area contributed by atoms with Gasteiger partial charge in [0.2, 0.25) is 0 Å². The summed E-state index contributed by atoms with van der Waals surface area (Å²) < 4.78 is 15.5. The number of halogens is 2. The highest BCUT2D eigenvalue weighted by molar-refractivity contribution is 6.33. The molecule has 0 fully saturated rings. The second kappa shape index (κ2) is 4.10. The van der Waals surface area contributed by atoms with Crippen molar-refractivity contribution in [1.82, 2.24) is 15.0 Å². The third-order valence-corrected chi connectivity index (χ3v) is 3.19. The van der Waals surface area contributed by atoms with Gasteiger partial charge in [-0.1, -0.05) is 28.9 Å². The molecule has 0 amide bonds. The number of hydrogen-bond donors (Lipinski definition) is 2. The molecule has 0 radical (unpaired) electrons. The van der Waals surface area contributed by atoms with Crippen molar-refractivity contribution in [2.45, 2.75) is 0 Å². The van der Waals surface area contributed by atoms with Gasteiger partial charge in [0.05, 0.1) is 16.9 Å². The minimum Gasteiger partial charge on any atom is -0.397 e. The van der Waals surface area contributed by atoms with Crippen LogP contribution >= 0.6 is 11.6 Å². The summed E-state index contributed by atoms with van der Waals surface area (Å²) in [5.74, 6) is -0.713. The fourth-order valence-electron chi connectivity index (χ4n) is 1.91. The first-order chi connectivity index (χ1) is 9.09. The molecular formula is C12H9ClFN5. The highest BCUT2D eigenvalue weighted by Gasteiger charge is 2.18. The number of nitrogens with zero attached hydrogens (tertiary/aromatic N) is 3. The van der Waals surface area contributed by atoms with Crippen LogP contribution in [-0.2, 0) is 0 Å². The lowest BCUT2D eigenvalue weighted by atomic mass is 10.2. The maximum atomic E-state index is 14.2. The third kappa shape index (κ3) is 1.68. The maximum Gasteiger partial charge on any atom is 0.171 e. The Morgan fingerprint density at radius 3 is 2.68 bits per heavy atom. The largest absolute Gasteiger partial charge is 0.397 e. The highest BCUT2D eigenvalue weighted by atomic mass is 35.5. The maximum absolute atomic E-state index is 14.2. The Labute approximate surface area is 112 Å². The number of para-hydroxylation sites is 1. The Morgan fingerprint density at radius 2 is 1.89 bits per heavy atom. The fraction of sp³-hybridized carbons (Fsp3) is 0. The average molecular weight is 278 g/mol. The molecule has 1 heterocycles. The molecule has 0 unspecified atom stereocenters. The molecule has 7 heteroatoms. The number of hydrogen-bond acceptors (Lipinski definition) is 4. The zero-order valence-electron chi connectivity index (χ0n) is 9.64. The normalized spacial score (nSPS) is 11.1. The number of nitrogens with two attached hydrogens (primary N) is 2. The number of fused-ring (bicyclic) bond motifs is 1. The molecule has 1 aromatic heterocycles. The lowest BCUT2D eigenvalue weighted by Gasteiger charge is -2.10. The molecule has 4 N–H and O–H groups in total. The number of benzene rings is 2. The van der Waals surface area contributed by atoms with Crippen molar-refractivity contribution >= 4 is 34.0 Å². The fourth-order valence-corrected chi connectivity index (χ4v) is 2.05. The van der Waals surface area contributed by atoms with E-state index in [1.165, 1.54) is 10.7 Å². The Hall–Kier alpha value is -2.34. The second-order valence-corrected chi connectivity index (χ2v) is 4.40. The minimum atomic E-state index is -0.713. The van der Waals surface area contributed by atoms with Crippen molar-refractivity contribution in [2.24, 2.45) is 0 Å². The highest BCUT2D eigenvalue weighted by Crippen LogP contribution is 2.33. The molecule has 2 aromatic carbocycles. The van der Waals surface area contributed by atoms with Gasteiger partial charge in [0, 0.05) is 0 Å². The lowest BCUT2D eigenvalue weighted by Crippen LogP contribution is -2.07. The van der Waals surface area contributed by atoms with Gasteiger partial charge in [0.1, 0.15) is 16.2 Å². The van der Waals surface area contributed by atoms with Crippen LogP contribution in [0.15, 0.2) is 30.3 Å². The average Bonchev–Trinajstić information content (AvgIpc) is 2.81. The summed E-state index contributed by atoms with van der Waals surface area (Å²) in [6, 6.07) is 8.55. The van der Waals surface area contributed by atoms with E-state index in [9.17, 15) is 4.39 Å². The van der Waals surface area contributed by atoms with E-state index in [1.54, 1.807) is 18.2 Å². The summed E-state index contributed by atoms with van der Waals surface area (Å²) in [6.07, 6.45) is 0. The van der Waals surface area contributed by atoms with E-state index in [0.29, 0.717) is 11.0 Å². The summed E-state index contributed by atoms with van der Waals surface area (Å²) in [6.45, 7) is 0. The van der Waals surface area contributed by atoms with Gasteiger partial charge in [-0.3, -0.25) is 0 Å². The molecule has 3 rings (SSSR count). The zero-order chi connectivity index (χ0) is 13.6. The van der Waals surface area contributed by atoms with Crippen molar-refractivity contribution in [3.8, 4) is 5.69 Å². The summed E-state index contributed by atoms with van der Waals surface area (Å²) in [5, 5.41) is 7.67. The van der Waals surface area contributed by atoms with Crippen molar-refractivity contribution in [2.75, 3.05) is 11.5 Å². The first-order valence-corrected chi connectivity index (χ1v) is 5.81. The predicted molar refractivity (Wildman–Crippen MR) is 72.7 cm³/mol. The van der Waals surface area contributed by atoms with Gasteiger partial charge in [-0.05, 0) is 18.2 Å². The van der Waals surface area contributed by atoms with Crippen LogP contribution in [0, 0.1) is 5.82 Å². The van der Waals surface area contributed by atoms with Crippen molar-refractivity contribution < 1.29 is 4.39 Å². The Bertz CT molecular complexity index is 783. The van der Waals surface area contributed by atoms with E-state index in [1.807, 2.05) is 6.07 Å². The van der Waals surface area contributed by atoms with Crippen LogP contribution in [0.2, 0.25) is 5.02 Å². The van der Waals surface area contributed by atoms with Crippen molar-refractivity contribution in [1.29, 1.82) is 0 Å². The molecule has 19 heavy (non-hydrogen) atoms. The number of rotatable bonds is 1. The molecule has 0 saturated carbocycles. The summed E-state index contributed by atoms with van der Waals surface area (Å²) in [5.41, 5.74) is 12.9. The smallest absolute Gasteiger partial charge is 0.171 e. The first-order valence-electron chi connectivity index (χ1n) is 5.43. The number of aromatic nitrogens is 3. The van der Waals surface area contributed by atoms with Crippen molar-refractivity contribution in [3.63, 3.8) is 0 Å². The molecule has 0 spiro atoms. The molecule has 5 nitrogen and oxygen atoms in total. The van der Waals surface area contributed by atoms with Crippen LogP contribution in [-0.4, -0.2) is 15.0 Å². The summed E-state index contributed by atoms with van der Waals surface area (Å²) >= 11 is 5.81. The number of nitrogen functional groups attached to an aromatic ring is 2. The molecule has 96 valence electrons. The summed E-state index contributed by atoms with van der Waals surface area (Å²) in [4.78, 5) is 0. The van der Waals surface area contributed by atoms with E-state index >= 15 is 0 Å². The van der Waals surface area contributed by atoms with Crippen LogP contribution in [0.1, 0.15) is 0 Å². The van der Waals surface area contributed by atoms with Crippen LogP contribution in [0.25, 0.3) is 16.7 Å². The van der Waals surface area contributed by atoms with Crippen LogP contribution in [0.3, 0.4) is 0 Å². The Morgan fingerprint density at radius 1 is 1.16 bits per heavy atom. The van der Waals surface area contributed by atoms with Crippen molar-refractivity contribution in [3.05, 3.63) is 41.2 Å². The minimum absolute atomic E-state index is 0.0490. The monoisotopic (exact) mass is 277 g/mol. The molecule has 3 aromatic rings. The van der Waals surface area contributed by atoms with Crippen LogP contribution in [0.5, 0.6) is 0 Å². The van der Waals surface area contributed by atoms with E-state index in [-0.39, 0.29) is 22.1 Å².